The minimum atomic E-state index is -0.110. The van der Waals surface area contributed by atoms with Crippen LogP contribution in [0.15, 0.2) is 22.8 Å². The van der Waals surface area contributed by atoms with E-state index in [1.807, 2.05) is 26.0 Å². The normalized spacial score (nSPS) is 13.2. The van der Waals surface area contributed by atoms with Gasteiger partial charge in [-0.15, -0.1) is 0 Å². The Morgan fingerprint density at radius 3 is 2.53 bits per heavy atom. The van der Waals surface area contributed by atoms with E-state index in [-0.39, 0.29) is 12.3 Å². The summed E-state index contributed by atoms with van der Waals surface area (Å²) in [4.78, 5) is 0. The van der Waals surface area contributed by atoms with Crippen LogP contribution < -0.4 is 5.32 Å². The Morgan fingerprint density at radius 1 is 1.29 bits per heavy atom. The maximum Gasteiger partial charge on any atom is 0.158 e. The Balaban J connectivity index is 2.21. The van der Waals surface area contributed by atoms with Gasteiger partial charge in [0.1, 0.15) is 5.76 Å². The standard InChI is InChI=1S/C13H23NO3/c1-4-15-13(16-5-2)8-9-14-11(3)12-7-6-10-17-12/h6-7,10-11,13-14H,4-5,8-9H2,1-3H3/t11-/m0/s1. The average Bonchev–Trinajstić information content (AvgIpc) is 2.83. The maximum atomic E-state index is 5.47. The topological polar surface area (TPSA) is 43.6 Å². The van der Waals surface area contributed by atoms with E-state index in [0.717, 1.165) is 18.7 Å². The molecule has 17 heavy (non-hydrogen) atoms. The second-order valence-corrected chi connectivity index (χ2v) is 3.82. The van der Waals surface area contributed by atoms with Crippen molar-refractivity contribution < 1.29 is 13.9 Å². The Kier molecular flexibility index (Phi) is 6.93. The molecule has 1 atom stereocenters. The second-order valence-electron chi connectivity index (χ2n) is 3.82. The van der Waals surface area contributed by atoms with Gasteiger partial charge >= 0.3 is 0 Å². The van der Waals surface area contributed by atoms with E-state index in [9.17, 15) is 0 Å². The number of ether oxygens (including phenoxy) is 2. The molecule has 1 aromatic heterocycles. The fourth-order valence-corrected chi connectivity index (χ4v) is 1.64. The van der Waals surface area contributed by atoms with Gasteiger partial charge in [-0.05, 0) is 32.9 Å². The van der Waals surface area contributed by atoms with E-state index in [1.54, 1.807) is 6.26 Å². The van der Waals surface area contributed by atoms with Crippen LogP contribution in [0.4, 0.5) is 0 Å². The van der Waals surface area contributed by atoms with Crippen LogP contribution in [0.1, 0.15) is 39.0 Å². The maximum absolute atomic E-state index is 5.47. The third kappa shape index (κ3) is 5.35. The molecule has 0 aliphatic carbocycles. The molecule has 0 aliphatic rings. The number of hydrogen-bond acceptors (Lipinski definition) is 4. The largest absolute Gasteiger partial charge is 0.468 e. The predicted octanol–water partition coefficient (Wildman–Crippen LogP) is 2.72. The van der Waals surface area contributed by atoms with Crippen LogP contribution in [0.5, 0.6) is 0 Å². The number of hydrogen-bond donors (Lipinski definition) is 1. The molecule has 4 heteroatoms. The van der Waals surface area contributed by atoms with Crippen molar-refractivity contribution in [2.24, 2.45) is 0 Å². The summed E-state index contributed by atoms with van der Waals surface area (Å²) in [6.07, 6.45) is 2.42. The van der Waals surface area contributed by atoms with E-state index in [4.69, 9.17) is 13.9 Å². The van der Waals surface area contributed by atoms with Gasteiger partial charge in [-0.1, -0.05) is 0 Å². The molecule has 4 nitrogen and oxygen atoms in total. The number of rotatable bonds is 9. The highest BCUT2D eigenvalue weighted by Crippen LogP contribution is 2.12. The van der Waals surface area contributed by atoms with Crippen molar-refractivity contribution in [3.8, 4) is 0 Å². The monoisotopic (exact) mass is 241 g/mol. The Bertz CT molecular complexity index is 268. The lowest BCUT2D eigenvalue weighted by Crippen LogP contribution is -2.26. The highest BCUT2D eigenvalue weighted by Gasteiger charge is 2.10. The molecule has 0 spiro atoms. The highest BCUT2D eigenvalue weighted by molar-refractivity contribution is 5.02. The fourth-order valence-electron chi connectivity index (χ4n) is 1.64. The van der Waals surface area contributed by atoms with Gasteiger partial charge < -0.3 is 19.2 Å². The Morgan fingerprint density at radius 2 is 2.00 bits per heavy atom. The summed E-state index contributed by atoms with van der Waals surface area (Å²) in [5, 5.41) is 3.38. The molecule has 1 aromatic rings. The molecule has 0 unspecified atom stereocenters. The first kappa shape index (κ1) is 14.2. The van der Waals surface area contributed by atoms with Gasteiger partial charge in [0.25, 0.3) is 0 Å². The number of nitrogens with one attached hydrogen (secondary N) is 1. The first-order valence-corrected chi connectivity index (χ1v) is 6.27. The van der Waals surface area contributed by atoms with Crippen molar-refractivity contribution in [3.63, 3.8) is 0 Å². The molecule has 0 fully saturated rings. The average molecular weight is 241 g/mol. The van der Waals surface area contributed by atoms with Crippen LogP contribution in [0.25, 0.3) is 0 Å². The quantitative estimate of drug-likeness (QED) is 0.675. The molecule has 0 radical (unpaired) electrons. The van der Waals surface area contributed by atoms with Gasteiger partial charge in [-0.2, -0.15) is 0 Å². The summed E-state index contributed by atoms with van der Waals surface area (Å²) < 4.78 is 16.3. The van der Waals surface area contributed by atoms with E-state index in [1.165, 1.54) is 0 Å². The molecule has 1 heterocycles. The van der Waals surface area contributed by atoms with Crippen molar-refractivity contribution in [2.75, 3.05) is 19.8 Å². The molecular formula is C13H23NO3. The van der Waals surface area contributed by atoms with Gasteiger partial charge in [0, 0.05) is 26.2 Å². The molecule has 0 amide bonds. The molecule has 0 saturated heterocycles. The second kappa shape index (κ2) is 8.28. The lowest BCUT2D eigenvalue weighted by Gasteiger charge is -2.18. The van der Waals surface area contributed by atoms with Crippen LogP contribution in [0, 0.1) is 0 Å². The summed E-state index contributed by atoms with van der Waals surface area (Å²) in [7, 11) is 0. The first-order valence-electron chi connectivity index (χ1n) is 6.27. The van der Waals surface area contributed by atoms with Gasteiger partial charge in [-0.25, -0.2) is 0 Å². The van der Waals surface area contributed by atoms with Crippen LogP contribution >= 0.6 is 0 Å². The summed E-state index contributed by atoms with van der Waals surface area (Å²) in [5.74, 6) is 0.953. The Hall–Kier alpha value is -0.840. The third-order valence-corrected chi connectivity index (χ3v) is 2.51. The molecule has 0 saturated carbocycles. The van der Waals surface area contributed by atoms with Crippen molar-refractivity contribution in [1.29, 1.82) is 0 Å². The van der Waals surface area contributed by atoms with Crippen molar-refractivity contribution in [1.82, 2.24) is 5.32 Å². The van der Waals surface area contributed by atoms with Crippen LogP contribution in [-0.4, -0.2) is 26.0 Å². The summed E-state index contributed by atoms with van der Waals surface area (Å²) in [6.45, 7) is 8.23. The molecule has 98 valence electrons. The lowest BCUT2D eigenvalue weighted by atomic mass is 10.2. The molecule has 1 N–H and O–H groups in total. The molecule has 1 rings (SSSR count). The molecule has 0 bridgehead atoms. The van der Waals surface area contributed by atoms with E-state index >= 15 is 0 Å². The van der Waals surface area contributed by atoms with Crippen LogP contribution in [0.3, 0.4) is 0 Å². The Labute approximate surface area is 103 Å². The molecule has 0 aromatic carbocycles. The zero-order valence-corrected chi connectivity index (χ0v) is 10.9. The summed E-state index contributed by atoms with van der Waals surface area (Å²) in [5.41, 5.74) is 0. The van der Waals surface area contributed by atoms with Crippen LogP contribution in [0.2, 0.25) is 0 Å². The SMILES string of the molecule is CCOC(CCN[C@@H](C)c1ccco1)OCC. The van der Waals surface area contributed by atoms with Gasteiger partial charge in [0.05, 0.1) is 12.3 Å². The molecular weight excluding hydrogens is 218 g/mol. The van der Waals surface area contributed by atoms with Crippen molar-refractivity contribution in [2.45, 2.75) is 39.5 Å². The summed E-state index contributed by atoms with van der Waals surface area (Å²) in [6, 6.07) is 4.09. The van der Waals surface area contributed by atoms with E-state index < -0.39 is 0 Å². The van der Waals surface area contributed by atoms with Crippen LogP contribution in [-0.2, 0) is 9.47 Å². The smallest absolute Gasteiger partial charge is 0.158 e. The minimum absolute atomic E-state index is 0.110. The van der Waals surface area contributed by atoms with Gasteiger partial charge in [0.15, 0.2) is 6.29 Å². The third-order valence-electron chi connectivity index (χ3n) is 2.51. The predicted molar refractivity (Wildman–Crippen MR) is 66.8 cm³/mol. The first-order chi connectivity index (χ1) is 8.27. The van der Waals surface area contributed by atoms with Gasteiger partial charge in [0.2, 0.25) is 0 Å². The van der Waals surface area contributed by atoms with Crippen molar-refractivity contribution in [3.05, 3.63) is 24.2 Å². The zero-order valence-electron chi connectivity index (χ0n) is 10.9. The van der Waals surface area contributed by atoms with Gasteiger partial charge in [-0.3, -0.25) is 0 Å². The van der Waals surface area contributed by atoms with E-state index in [0.29, 0.717) is 13.2 Å². The molecule has 0 aliphatic heterocycles. The fraction of sp³-hybridized carbons (Fsp3) is 0.692. The highest BCUT2D eigenvalue weighted by atomic mass is 16.7. The van der Waals surface area contributed by atoms with E-state index in [2.05, 4.69) is 12.2 Å². The summed E-state index contributed by atoms with van der Waals surface area (Å²) >= 11 is 0. The van der Waals surface area contributed by atoms with Crippen molar-refractivity contribution >= 4 is 0 Å². The lowest BCUT2D eigenvalue weighted by molar-refractivity contribution is -0.138. The zero-order chi connectivity index (χ0) is 12.5. The number of furan rings is 1. The minimum Gasteiger partial charge on any atom is -0.468 e.